The number of primary amides is 1. The summed E-state index contributed by atoms with van der Waals surface area (Å²) in [6, 6.07) is 7.76. The summed E-state index contributed by atoms with van der Waals surface area (Å²) in [5, 5.41) is 0. The number of likely N-dealkylation sites (tertiary alicyclic amines) is 1. The molecule has 4 heteroatoms. The number of nitrogens with zero attached hydrogens (tertiary/aromatic N) is 1. The van der Waals surface area contributed by atoms with Crippen LogP contribution in [0, 0.1) is 5.92 Å². The highest BCUT2D eigenvalue weighted by atomic mass is 16.2. The van der Waals surface area contributed by atoms with Crippen LogP contribution in [0.15, 0.2) is 24.3 Å². The molecule has 0 aromatic heterocycles. The van der Waals surface area contributed by atoms with Gasteiger partial charge in [-0.15, -0.1) is 0 Å². The van der Waals surface area contributed by atoms with Crippen molar-refractivity contribution in [2.45, 2.75) is 32.6 Å². The van der Waals surface area contributed by atoms with Gasteiger partial charge in [0.2, 0.25) is 5.91 Å². The van der Waals surface area contributed by atoms with E-state index in [0.717, 1.165) is 11.1 Å². The number of carbonyl (C=O) groups is 2. The highest BCUT2D eigenvalue weighted by Crippen LogP contribution is 2.23. The first kappa shape index (κ1) is 14.6. The van der Waals surface area contributed by atoms with Gasteiger partial charge in [-0.3, -0.25) is 9.59 Å². The summed E-state index contributed by atoms with van der Waals surface area (Å²) in [4.78, 5) is 25.6. The Bertz CT molecular complexity index is 503. The van der Waals surface area contributed by atoms with Gasteiger partial charge < -0.3 is 10.6 Å². The van der Waals surface area contributed by atoms with Crippen LogP contribution in [0.25, 0.3) is 0 Å². The molecule has 20 heavy (non-hydrogen) atoms. The molecule has 1 saturated heterocycles. The van der Waals surface area contributed by atoms with Crippen molar-refractivity contribution in [2.75, 3.05) is 13.1 Å². The summed E-state index contributed by atoms with van der Waals surface area (Å²) in [6.45, 7) is 5.40. The second-order valence-electron chi connectivity index (χ2n) is 5.71. The number of carbonyl (C=O) groups excluding carboxylic acids is 2. The number of rotatable bonds is 3. The molecule has 108 valence electrons. The van der Waals surface area contributed by atoms with Crippen LogP contribution in [0.1, 0.15) is 48.5 Å². The number of hydrogen-bond acceptors (Lipinski definition) is 2. The van der Waals surface area contributed by atoms with Gasteiger partial charge in [-0.2, -0.15) is 0 Å². The Kier molecular flexibility index (Phi) is 4.42. The summed E-state index contributed by atoms with van der Waals surface area (Å²) < 4.78 is 0. The van der Waals surface area contributed by atoms with Gasteiger partial charge in [-0.25, -0.2) is 0 Å². The van der Waals surface area contributed by atoms with Crippen LogP contribution in [0.3, 0.4) is 0 Å². The lowest BCUT2D eigenvalue weighted by molar-refractivity contribution is -0.123. The molecule has 4 nitrogen and oxygen atoms in total. The molecule has 1 aliphatic rings. The topological polar surface area (TPSA) is 63.4 Å². The van der Waals surface area contributed by atoms with Crippen molar-refractivity contribution >= 4 is 11.8 Å². The largest absolute Gasteiger partial charge is 0.369 e. The third-order valence-electron chi connectivity index (χ3n) is 4.00. The predicted octanol–water partition coefficient (Wildman–Crippen LogP) is 2.15. The fraction of sp³-hybridized carbons (Fsp3) is 0.500. The Balaban J connectivity index is 2.11. The first-order valence-corrected chi connectivity index (χ1v) is 7.18. The summed E-state index contributed by atoms with van der Waals surface area (Å²) in [5.41, 5.74) is 7.18. The van der Waals surface area contributed by atoms with E-state index in [1.165, 1.54) is 0 Å². The van der Waals surface area contributed by atoms with Crippen LogP contribution in [0.4, 0.5) is 0 Å². The van der Waals surface area contributed by atoms with E-state index in [2.05, 4.69) is 13.8 Å². The van der Waals surface area contributed by atoms with E-state index in [-0.39, 0.29) is 17.7 Å². The van der Waals surface area contributed by atoms with Crippen LogP contribution >= 0.6 is 0 Å². The average molecular weight is 274 g/mol. The first-order valence-electron chi connectivity index (χ1n) is 7.18. The van der Waals surface area contributed by atoms with Gasteiger partial charge in [0.1, 0.15) is 0 Å². The van der Waals surface area contributed by atoms with Crippen molar-refractivity contribution in [1.29, 1.82) is 0 Å². The molecule has 1 aromatic carbocycles. The second-order valence-corrected chi connectivity index (χ2v) is 5.71. The molecule has 1 aromatic rings. The van der Waals surface area contributed by atoms with Crippen molar-refractivity contribution in [3.05, 3.63) is 35.4 Å². The molecule has 0 bridgehead atoms. The highest BCUT2D eigenvalue weighted by Gasteiger charge is 2.27. The Morgan fingerprint density at radius 3 is 2.35 bits per heavy atom. The van der Waals surface area contributed by atoms with Crippen molar-refractivity contribution in [3.8, 4) is 0 Å². The maximum atomic E-state index is 12.6. The summed E-state index contributed by atoms with van der Waals surface area (Å²) in [7, 11) is 0. The first-order chi connectivity index (χ1) is 9.50. The zero-order valence-corrected chi connectivity index (χ0v) is 12.1. The van der Waals surface area contributed by atoms with E-state index in [1.54, 1.807) is 0 Å². The van der Waals surface area contributed by atoms with Crippen molar-refractivity contribution in [1.82, 2.24) is 4.90 Å². The third kappa shape index (κ3) is 3.00. The lowest BCUT2D eigenvalue weighted by Crippen LogP contribution is -2.42. The SMILES string of the molecule is CC(C)c1ccccc1C(=O)N1CCC(C(N)=O)CC1. The fourth-order valence-corrected chi connectivity index (χ4v) is 2.73. The minimum atomic E-state index is -0.250. The van der Waals surface area contributed by atoms with Crippen LogP contribution in [-0.2, 0) is 4.79 Å². The zero-order chi connectivity index (χ0) is 14.7. The van der Waals surface area contributed by atoms with Crippen LogP contribution in [0.2, 0.25) is 0 Å². The van der Waals surface area contributed by atoms with Crippen molar-refractivity contribution in [2.24, 2.45) is 11.7 Å². The molecule has 1 aliphatic heterocycles. The van der Waals surface area contributed by atoms with E-state index in [9.17, 15) is 9.59 Å². The number of nitrogens with two attached hydrogens (primary N) is 1. The molecule has 2 rings (SSSR count). The molecule has 2 amide bonds. The molecule has 0 unspecified atom stereocenters. The quantitative estimate of drug-likeness (QED) is 0.918. The second kappa shape index (κ2) is 6.07. The summed E-state index contributed by atoms with van der Waals surface area (Å²) >= 11 is 0. The zero-order valence-electron chi connectivity index (χ0n) is 12.1. The van der Waals surface area contributed by atoms with Gasteiger partial charge >= 0.3 is 0 Å². The number of benzene rings is 1. The number of piperidine rings is 1. The number of hydrogen-bond donors (Lipinski definition) is 1. The molecular weight excluding hydrogens is 252 g/mol. The van der Waals surface area contributed by atoms with Crippen molar-refractivity contribution in [3.63, 3.8) is 0 Å². The van der Waals surface area contributed by atoms with Gasteiger partial charge in [0.05, 0.1) is 0 Å². The van der Waals surface area contributed by atoms with Crippen LogP contribution in [0.5, 0.6) is 0 Å². The molecule has 2 N–H and O–H groups in total. The molecule has 0 spiro atoms. The van der Waals surface area contributed by atoms with Gasteiger partial charge in [0, 0.05) is 24.6 Å². The summed E-state index contributed by atoms with van der Waals surface area (Å²) in [5.74, 6) is 0.0506. The van der Waals surface area contributed by atoms with E-state index < -0.39 is 0 Å². The third-order valence-corrected chi connectivity index (χ3v) is 4.00. The Labute approximate surface area is 119 Å². The predicted molar refractivity (Wildman–Crippen MR) is 78.4 cm³/mol. The molecule has 0 atom stereocenters. The molecular formula is C16H22N2O2. The Hall–Kier alpha value is -1.84. The summed E-state index contributed by atoms with van der Waals surface area (Å²) in [6.07, 6.45) is 1.34. The monoisotopic (exact) mass is 274 g/mol. The van der Waals surface area contributed by atoms with Gasteiger partial charge in [0.15, 0.2) is 0 Å². The van der Waals surface area contributed by atoms with E-state index in [0.29, 0.717) is 31.8 Å². The molecule has 1 heterocycles. The van der Waals surface area contributed by atoms with Gasteiger partial charge in [0.25, 0.3) is 5.91 Å². The van der Waals surface area contributed by atoms with E-state index in [1.807, 2.05) is 29.2 Å². The highest BCUT2D eigenvalue weighted by molar-refractivity contribution is 5.96. The molecule has 0 aliphatic carbocycles. The van der Waals surface area contributed by atoms with Crippen LogP contribution in [-0.4, -0.2) is 29.8 Å². The van der Waals surface area contributed by atoms with E-state index >= 15 is 0 Å². The standard InChI is InChI=1S/C16H22N2O2/c1-11(2)13-5-3-4-6-14(13)16(20)18-9-7-12(8-10-18)15(17)19/h3-6,11-12H,7-10H2,1-2H3,(H2,17,19). The van der Waals surface area contributed by atoms with Gasteiger partial charge in [-0.05, 0) is 30.4 Å². The number of amides is 2. The Morgan fingerprint density at radius 1 is 1.20 bits per heavy atom. The maximum absolute atomic E-state index is 12.6. The normalized spacial score (nSPS) is 16.4. The molecule has 0 radical (unpaired) electrons. The smallest absolute Gasteiger partial charge is 0.254 e. The minimum Gasteiger partial charge on any atom is -0.369 e. The van der Waals surface area contributed by atoms with Crippen LogP contribution < -0.4 is 5.73 Å². The molecule has 0 saturated carbocycles. The van der Waals surface area contributed by atoms with E-state index in [4.69, 9.17) is 5.73 Å². The van der Waals surface area contributed by atoms with Gasteiger partial charge in [-0.1, -0.05) is 32.0 Å². The maximum Gasteiger partial charge on any atom is 0.254 e. The molecule has 1 fully saturated rings. The average Bonchev–Trinajstić information content (AvgIpc) is 2.46. The Morgan fingerprint density at radius 2 is 1.80 bits per heavy atom. The fourth-order valence-electron chi connectivity index (χ4n) is 2.73. The van der Waals surface area contributed by atoms with Crippen molar-refractivity contribution < 1.29 is 9.59 Å². The lowest BCUT2D eigenvalue weighted by atomic mass is 9.93. The minimum absolute atomic E-state index is 0.0669. The lowest BCUT2D eigenvalue weighted by Gasteiger charge is -2.31.